The molecule has 0 radical (unpaired) electrons. The Bertz CT molecular complexity index is 1090. The number of hydrogen-bond acceptors (Lipinski definition) is 5. The maximum Gasteiger partial charge on any atom is 0.273 e. The maximum atomic E-state index is 13.6. The molecule has 2 aromatic heterocycles. The van der Waals surface area contributed by atoms with Gasteiger partial charge in [0.05, 0.1) is 28.7 Å². The van der Waals surface area contributed by atoms with Crippen molar-refractivity contribution < 1.29 is 18.1 Å². The van der Waals surface area contributed by atoms with Crippen molar-refractivity contribution in [2.75, 3.05) is 18.5 Å². The smallest absolute Gasteiger partial charge is 0.273 e. The second-order valence-electron chi connectivity index (χ2n) is 7.60. The average Bonchev–Trinajstić information content (AvgIpc) is 2.98. The molecule has 0 bridgehead atoms. The second kappa shape index (κ2) is 8.07. The van der Waals surface area contributed by atoms with Gasteiger partial charge in [-0.15, -0.1) is 0 Å². The van der Waals surface area contributed by atoms with E-state index in [1.54, 1.807) is 10.6 Å². The van der Waals surface area contributed by atoms with Gasteiger partial charge in [-0.3, -0.25) is 4.79 Å². The molecule has 0 spiro atoms. The van der Waals surface area contributed by atoms with Crippen molar-refractivity contribution in [1.82, 2.24) is 14.3 Å². The molecule has 2 aromatic rings. The molecule has 8 nitrogen and oxygen atoms in total. The molecule has 1 fully saturated rings. The Kier molecular flexibility index (Phi) is 5.63. The summed E-state index contributed by atoms with van der Waals surface area (Å²) in [5.41, 5.74) is 0.441. The Morgan fingerprint density at radius 1 is 1.43 bits per heavy atom. The number of pyridine rings is 1. The van der Waals surface area contributed by atoms with E-state index in [4.69, 9.17) is 21.6 Å². The molecule has 0 aromatic carbocycles. The first-order valence-electron chi connectivity index (χ1n) is 9.38. The van der Waals surface area contributed by atoms with Gasteiger partial charge < -0.3 is 14.6 Å². The van der Waals surface area contributed by atoms with E-state index in [1.807, 2.05) is 6.92 Å². The fourth-order valence-electron chi connectivity index (χ4n) is 3.64. The highest BCUT2D eigenvalue weighted by Gasteiger charge is 2.38. The van der Waals surface area contributed by atoms with Crippen LogP contribution < -0.4 is 10.0 Å². The molecule has 2 aliphatic heterocycles. The summed E-state index contributed by atoms with van der Waals surface area (Å²) in [5, 5.41) is 11.6. The highest BCUT2D eigenvalue weighted by molar-refractivity contribution is 7.83. The molecule has 1 unspecified atom stereocenters. The van der Waals surface area contributed by atoms with E-state index in [-0.39, 0.29) is 22.1 Å². The van der Waals surface area contributed by atoms with Crippen LogP contribution in [0.1, 0.15) is 41.6 Å². The molecule has 2 aliphatic rings. The first kappa shape index (κ1) is 20.9. The van der Waals surface area contributed by atoms with Crippen LogP contribution in [-0.2, 0) is 28.7 Å². The number of halogens is 2. The number of hydrogen-bond donors (Lipinski definition) is 2. The molecule has 0 saturated carbocycles. The predicted molar refractivity (Wildman–Crippen MR) is 108 cm³/mol. The lowest BCUT2D eigenvalue weighted by molar-refractivity contribution is -0.0517. The molecule has 1 saturated heterocycles. The summed E-state index contributed by atoms with van der Waals surface area (Å²) >= 11 is 6.57. The zero-order valence-electron chi connectivity index (χ0n) is 16.1. The van der Waals surface area contributed by atoms with Gasteiger partial charge in [0.25, 0.3) is 5.91 Å². The number of nitrogens with one attached hydrogen (secondary N) is 2. The highest BCUT2D eigenvalue weighted by atomic mass is 35.5. The van der Waals surface area contributed by atoms with Gasteiger partial charge in [0.2, 0.25) is 5.95 Å². The van der Waals surface area contributed by atoms with Gasteiger partial charge in [0.1, 0.15) is 28.4 Å². The van der Waals surface area contributed by atoms with E-state index in [0.717, 1.165) is 24.6 Å². The SMILES string of the molecule is CC1(NS(=O)c2c(Cl)c(C(=O)Nc3cc(F)nc(C#N)c3)n3c2CCCC3)COC1. The summed E-state index contributed by atoms with van der Waals surface area (Å²) in [6.45, 7) is 3.34. The van der Waals surface area contributed by atoms with Gasteiger partial charge in [-0.1, -0.05) is 11.6 Å². The molecule has 4 heterocycles. The zero-order chi connectivity index (χ0) is 21.5. The summed E-state index contributed by atoms with van der Waals surface area (Å²) < 4.78 is 36.7. The Morgan fingerprint density at radius 3 is 2.87 bits per heavy atom. The van der Waals surface area contributed by atoms with Crippen molar-refractivity contribution >= 4 is 34.2 Å². The minimum atomic E-state index is -1.63. The summed E-state index contributed by atoms with van der Waals surface area (Å²) in [6, 6.07) is 4.03. The lowest BCUT2D eigenvalue weighted by atomic mass is 10.0. The van der Waals surface area contributed by atoms with Crippen molar-refractivity contribution in [3.63, 3.8) is 0 Å². The van der Waals surface area contributed by atoms with E-state index in [2.05, 4.69) is 15.0 Å². The van der Waals surface area contributed by atoms with E-state index in [9.17, 15) is 13.4 Å². The van der Waals surface area contributed by atoms with Crippen molar-refractivity contribution in [3.05, 3.63) is 40.2 Å². The van der Waals surface area contributed by atoms with Gasteiger partial charge in [-0.2, -0.15) is 9.65 Å². The Morgan fingerprint density at radius 2 is 2.20 bits per heavy atom. The quantitative estimate of drug-likeness (QED) is 0.679. The Balaban J connectivity index is 1.69. The van der Waals surface area contributed by atoms with Crippen molar-refractivity contribution in [2.24, 2.45) is 0 Å². The normalized spacial score (nSPS) is 18.1. The number of carbonyl (C=O) groups excluding carboxylic acids is 1. The summed E-state index contributed by atoms with van der Waals surface area (Å²) in [7, 11) is -1.63. The molecular weight excluding hydrogens is 433 g/mol. The van der Waals surface area contributed by atoms with Gasteiger partial charge >= 0.3 is 0 Å². The average molecular weight is 452 g/mol. The van der Waals surface area contributed by atoms with Crippen LogP contribution >= 0.6 is 11.6 Å². The third-order valence-electron chi connectivity index (χ3n) is 5.06. The van der Waals surface area contributed by atoms with Crippen LogP contribution in [0.2, 0.25) is 5.02 Å². The monoisotopic (exact) mass is 451 g/mol. The van der Waals surface area contributed by atoms with Crippen molar-refractivity contribution in [1.29, 1.82) is 5.26 Å². The van der Waals surface area contributed by atoms with Crippen LogP contribution in [0.3, 0.4) is 0 Å². The fraction of sp³-hybridized carbons (Fsp3) is 0.421. The lowest BCUT2D eigenvalue weighted by Gasteiger charge is -2.38. The number of ether oxygens (including phenoxy) is 1. The number of nitriles is 1. The minimum absolute atomic E-state index is 0.0893. The number of rotatable bonds is 5. The fourth-order valence-corrected chi connectivity index (χ4v) is 5.50. The zero-order valence-corrected chi connectivity index (χ0v) is 17.7. The number of fused-ring (bicyclic) bond motifs is 1. The molecule has 0 aliphatic carbocycles. The van der Waals surface area contributed by atoms with Crippen LogP contribution in [0, 0.1) is 17.3 Å². The predicted octanol–water partition coefficient (Wildman–Crippen LogP) is 2.54. The van der Waals surface area contributed by atoms with Gasteiger partial charge in [0.15, 0.2) is 0 Å². The highest BCUT2D eigenvalue weighted by Crippen LogP contribution is 2.35. The summed E-state index contributed by atoms with van der Waals surface area (Å²) in [5.74, 6) is -1.45. The Labute approximate surface area is 180 Å². The number of anilines is 1. The third-order valence-corrected chi connectivity index (χ3v) is 7.03. The largest absolute Gasteiger partial charge is 0.377 e. The summed E-state index contributed by atoms with van der Waals surface area (Å²) in [4.78, 5) is 16.8. The number of aromatic nitrogens is 2. The number of nitrogens with zero attached hydrogens (tertiary/aromatic N) is 3. The molecule has 1 atom stereocenters. The molecule has 2 N–H and O–H groups in total. The molecule has 1 amide bonds. The van der Waals surface area contributed by atoms with E-state index >= 15 is 0 Å². The molecule has 158 valence electrons. The number of amides is 1. The van der Waals surface area contributed by atoms with Crippen LogP contribution in [0.15, 0.2) is 17.0 Å². The molecular formula is C19H19ClFN5O3S. The third kappa shape index (κ3) is 3.86. The van der Waals surface area contributed by atoms with Crippen LogP contribution in [0.25, 0.3) is 0 Å². The van der Waals surface area contributed by atoms with Gasteiger partial charge in [-0.05, 0) is 32.3 Å². The lowest BCUT2D eigenvalue weighted by Crippen LogP contribution is -2.58. The standard InChI is InChI=1S/C19H19ClFN5O3S/c1-19(9-29-10-19)25-30(28)17-13-4-2-3-5-26(13)16(15(17)20)18(27)24-11-6-12(8-22)23-14(21)7-11/h6-7,25H,2-5,9-10H2,1H3,(H,23,24,27). The van der Waals surface area contributed by atoms with Crippen LogP contribution in [0.5, 0.6) is 0 Å². The Hall–Kier alpha value is -2.32. The molecule has 11 heteroatoms. The topological polar surface area (TPSA) is 109 Å². The maximum absolute atomic E-state index is 13.6. The van der Waals surface area contributed by atoms with Crippen LogP contribution in [-0.4, -0.2) is 38.4 Å². The van der Waals surface area contributed by atoms with E-state index < -0.39 is 28.4 Å². The van der Waals surface area contributed by atoms with Crippen LogP contribution in [0.4, 0.5) is 10.1 Å². The second-order valence-corrected chi connectivity index (χ2v) is 9.13. The van der Waals surface area contributed by atoms with Crippen molar-refractivity contribution in [2.45, 2.75) is 43.2 Å². The first-order valence-corrected chi connectivity index (χ1v) is 10.9. The summed E-state index contributed by atoms with van der Waals surface area (Å²) in [6.07, 6.45) is 2.39. The van der Waals surface area contributed by atoms with Gasteiger partial charge in [-0.25, -0.2) is 13.9 Å². The molecule has 4 rings (SSSR count). The van der Waals surface area contributed by atoms with Gasteiger partial charge in [0, 0.05) is 24.0 Å². The molecule has 30 heavy (non-hydrogen) atoms. The number of carbonyl (C=O) groups is 1. The van der Waals surface area contributed by atoms with Crippen molar-refractivity contribution in [3.8, 4) is 6.07 Å². The van der Waals surface area contributed by atoms with E-state index in [0.29, 0.717) is 31.1 Å². The first-order chi connectivity index (χ1) is 14.3. The van der Waals surface area contributed by atoms with E-state index in [1.165, 1.54) is 6.07 Å². The minimum Gasteiger partial charge on any atom is -0.377 e.